The van der Waals surface area contributed by atoms with Crippen molar-refractivity contribution in [2.45, 2.75) is 23.0 Å². The van der Waals surface area contributed by atoms with Crippen LogP contribution in [0.15, 0.2) is 114 Å². The summed E-state index contributed by atoms with van der Waals surface area (Å²) in [6.45, 7) is 0.275. The average Bonchev–Trinajstić information content (AvgIpc) is 2.92. The second-order valence-electron chi connectivity index (χ2n) is 9.42. The summed E-state index contributed by atoms with van der Waals surface area (Å²) in [6, 6.07) is 32.6. The molecule has 1 aliphatic heterocycles. The Kier molecular flexibility index (Phi) is 7.03. The Morgan fingerprint density at radius 3 is 2.11 bits per heavy atom. The van der Waals surface area contributed by atoms with Gasteiger partial charge in [0.1, 0.15) is 11.8 Å². The van der Waals surface area contributed by atoms with Gasteiger partial charge in [-0.15, -0.1) is 0 Å². The monoisotopic (exact) mass is 528 g/mol. The standard InChI is InChI=1S/C30H28N2O5S/c31-28(29(33)34)19-22-8-7-13-27(18-22)38(35,36)32-20-30(21-32,25-11-5-2-6-12-25)37-26-16-14-24(15-17-26)23-9-3-1-4-10-23/h1-18,28H,19-21,31H2,(H,33,34)/t28-/m0/s1. The van der Waals surface area contributed by atoms with Crippen molar-refractivity contribution in [3.8, 4) is 16.9 Å². The van der Waals surface area contributed by atoms with Gasteiger partial charge in [-0.05, 0) is 52.9 Å². The number of rotatable bonds is 9. The number of hydrogen-bond donors (Lipinski definition) is 2. The lowest BCUT2D eigenvalue weighted by molar-refractivity contribution is -0.138. The topological polar surface area (TPSA) is 110 Å². The van der Waals surface area contributed by atoms with Crippen LogP contribution in [0.4, 0.5) is 0 Å². The molecule has 194 valence electrons. The van der Waals surface area contributed by atoms with Crippen LogP contribution in [0.1, 0.15) is 11.1 Å². The van der Waals surface area contributed by atoms with Gasteiger partial charge in [0.25, 0.3) is 0 Å². The summed E-state index contributed by atoms with van der Waals surface area (Å²) in [5.74, 6) is -0.488. The summed E-state index contributed by atoms with van der Waals surface area (Å²) >= 11 is 0. The van der Waals surface area contributed by atoms with E-state index < -0.39 is 27.6 Å². The molecule has 0 saturated carbocycles. The summed E-state index contributed by atoms with van der Waals surface area (Å²) in [5, 5.41) is 9.10. The molecular formula is C30H28N2O5S. The van der Waals surface area contributed by atoms with Gasteiger partial charge in [-0.3, -0.25) is 4.79 Å². The van der Waals surface area contributed by atoms with Gasteiger partial charge in [0, 0.05) is 0 Å². The molecule has 0 radical (unpaired) electrons. The van der Waals surface area contributed by atoms with Crippen LogP contribution in [0.3, 0.4) is 0 Å². The maximum absolute atomic E-state index is 13.5. The Hall–Kier alpha value is -3.98. The van der Waals surface area contributed by atoms with Crippen LogP contribution in [0.5, 0.6) is 5.75 Å². The number of aliphatic carboxylic acids is 1. The van der Waals surface area contributed by atoms with Crippen LogP contribution < -0.4 is 10.5 Å². The third kappa shape index (κ3) is 5.19. The lowest BCUT2D eigenvalue weighted by Crippen LogP contribution is -2.64. The highest BCUT2D eigenvalue weighted by Gasteiger charge is 2.52. The predicted molar refractivity (Wildman–Crippen MR) is 145 cm³/mol. The fourth-order valence-electron chi connectivity index (χ4n) is 4.64. The van der Waals surface area contributed by atoms with Gasteiger partial charge in [0.2, 0.25) is 10.0 Å². The van der Waals surface area contributed by atoms with E-state index >= 15 is 0 Å². The second kappa shape index (κ2) is 10.4. The molecule has 0 unspecified atom stereocenters. The third-order valence-electron chi connectivity index (χ3n) is 6.75. The van der Waals surface area contributed by atoms with Gasteiger partial charge in [-0.25, -0.2) is 8.42 Å². The smallest absolute Gasteiger partial charge is 0.320 e. The first kappa shape index (κ1) is 25.7. The van der Waals surface area contributed by atoms with E-state index in [0.717, 1.165) is 16.7 Å². The van der Waals surface area contributed by atoms with Gasteiger partial charge in [0.05, 0.1) is 18.0 Å². The molecule has 0 spiro atoms. The van der Waals surface area contributed by atoms with Crippen molar-refractivity contribution in [1.82, 2.24) is 4.31 Å². The van der Waals surface area contributed by atoms with Crippen molar-refractivity contribution in [3.05, 3.63) is 120 Å². The van der Waals surface area contributed by atoms with Gasteiger partial charge in [0.15, 0.2) is 5.60 Å². The number of benzene rings is 4. The Bertz CT molecular complexity index is 1520. The van der Waals surface area contributed by atoms with Gasteiger partial charge in [-0.1, -0.05) is 84.9 Å². The molecule has 7 nitrogen and oxygen atoms in total. The lowest BCUT2D eigenvalue weighted by Gasteiger charge is -2.48. The molecule has 4 aromatic carbocycles. The highest BCUT2D eigenvalue weighted by molar-refractivity contribution is 7.89. The molecule has 1 aliphatic rings. The zero-order valence-electron chi connectivity index (χ0n) is 20.6. The molecule has 1 heterocycles. The number of carboxylic acids is 1. The molecule has 0 aliphatic carbocycles. The van der Waals surface area contributed by atoms with Crippen molar-refractivity contribution in [2.24, 2.45) is 5.73 Å². The fourth-order valence-corrected chi connectivity index (χ4v) is 6.24. The summed E-state index contributed by atoms with van der Waals surface area (Å²) in [6.07, 6.45) is 0.0364. The van der Waals surface area contributed by atoms with E-state index in [0.29, 0.717) is 11.3 Å². The predicted octanol–water partition coefficient (Wildman–Crippen LogP) is 4.29. The number of hydrogen-bond acceptors (Lipinski definition) is 5. The zero-order valence-corrected chi connectivity index (χ0v) is 21.4. The first-order valence-electron chi connectivity index (χ1n) is 12.2. The molecule has 4 aromatic rings. The molecule has 3 N–H and O–H groups in total. The van der Waals surface area contributed by atoms with E-state index in [1.54, 1.807) is 12.1 Å². The van der Waals surface area contributed by atoms with Crippen LogP contribution in [-0.4, -0.2) is 42.9 Å². The molecule has 1 saturated heterocycles. The van der Waals surface area contributed by atoms with E-state index in [1.807, 2.05) is 84.9 Å². The molecule has 1 atom stereocenters. The molecule has 0 bridgehead atoms. The molecule has 0 aromatic heterocycles. The number of sulfonamides is 1. The fraction of sp³-hybridized carbons (Fsp3) is 0.167. The zero-order chi connectivity index (χ0) is 26.8. The van der Waals surface area contributed by atoms with Crippen LogP contribution in [0, 0.1) is 0 Å². The molecule has 38 heavy (non-hydrogen) atoms. The van der Waals surface area contributed by atoms with Crippen molar-refractivity contribution in [2.75, 3.05) is 13.1 Å². The highest BCUT2D eigenvalue weighted by Crippen LogP contribution is 2.40. The molecule has 0 amide bonds. The van der Waals surface area contributed by atoms with Crippen LogP contribution in [-0.2, 0) is 26.8 Å². The Morgan fingerprint density at radius 1 is 0.868 bits per heavy atom. The number of ether oxygens (including phenoxy) is 1. The minimum absolute atomic E-state index is 0.0364. The Labute approximate surface area is 222 Å². The number of nitrogens with zero attached hydrogens (tertiary/aromatic N) is 1. The molecule has 5 rings (SSSR count). The molecule has 1 fully saturated rings. The highest BCUT2D eigenvalue weighted by atomic mass is 32.2. The maximum atomic E-state index is 13.5. The van der Waals surface area contributed by atoms with Crippen LogP contribution >= 0.6 is 0 Å². The van der Waals surface area contributed by atoms with Crippen molar-refractivity contribution < 1.29 is 23.1 Å². The number of nitrogens with two attached hydrogens (primary N) is 1. The van der Waals surface area contributed by atoms with Crippen molar-refractivity contribution in [1.29, 1.82) is 0 Å². The van der Waals surface area contributed by atoms with Crippen LogP contribution in [0.25, 0.3) is 11.1 Å². The second-order valence-corrected chi connectivity index (χ2v) is 11.4. The summed E-state index contributed by atoms with van der Waals surface area (Å²) < 4.78 is 34.8. The first-order valence-corrected chi connectivity index (χ1v) is 13.7. The molecule has 8 heteroatoms. The number of carbonyl (C=O) groups is 1. The largest absolute Gasteiger partial charge is 0.480 e. The third-order valence-corrected chi connectivity index (χ3v) is 8.53. The number of carboxylic acid groups (broad SMARTS) is 1. The van der Waals surface area contributed by atoms with Gasteiger partial charge >= 0.3 is 5.97 Å². The SMILES string of the molecule is N[C@@H](Cc1cccc(S(=O)(=O)N2CC(Oc3ccc(-c4ccccc4)cc3)(c3ccccc3)C2)c1)C(=O)O. The Morgan fingerprint density at radius 2 is 1.47 bits per heavy atom. The Balaban J connectivity index is 1.38. The van der Waals surface area contributed by atoms with E-state index in [2.05, 4.69) is 0 Å². The van der Waals surface area contributed by atoms with E-state index in [4.69, 9.17) is 15.6 Å². The lowest BCUT2D eigenvalue weighted by atomic mass is 9.87. The summed E-state index contributed by atoms with van der Waals surface area (Å²) in [7, 11) is -3.83. The first-order chi connectivity index (χ1) is 18.3. The quantitative estimate of drug-likeness (QED) is 0.336. The van der Waals surface area contributed by atoms with E-state index in [9.17, 15) is 13.2 Å². The van der Waals surface area contributed by atoms with Crippen LogP contribution in [0.2, 0.25) is 0 Å². The van der Waals surface area contributed by atoms with Gasteiger partial charge in [-0.2, -0.15) is 4.31 Å². The normalized spacial score (nSPS) is 15.8. The van der Waals surface area contributed by atoms with E-state index in [1.165, 1.54) is 16.4 Å². The van der Waals surface area contributed by atoms with Crippen molar-refractivity contribution >= 4 is 16.0 Å². The summed E-state index contributed by atoms with van der Waals surface area (Å²) in [5.41, 5.74) is 8.40. The minimum Gasteiger partial charge on any atom is -0.480 e. The average molecular weight is 529 g/mol. The van der Waals surface area contributed by atoms with E-state index in [-0.39, 0.29) is 24.4 Å². The maximum Gasteiger partial charge on any atom is 0.320 e. The molecular weight excluding hydrogens is 500 g/mol. The summed E-state index contributed by atoms with van der Waals surface area (Å²) in [4.78, 5) is 11.2. The minimum atomic E-state index is -3.83. The van der Waals surface area contributed by atoms with Crippen molar-refractivity contribution in [3.63, 3.8) is 0 Å². The van der Waals surface area contributed by atoms with Gasteiger partial charge < -0.3 is 15.6 Å².